The molecule has 0 saturated carbocycles. The number of ketones is 1. The molecule has 7 nitrogen and oxygen atoms in total. The van der Waals surface area contributed by atoms with Crippen LogP contribution in [0.2, 0.25) is 0 Å². The molecule has 144 valence electrons. The molecule has 0 bridgehead atoms. The van der Waals surface area contributed by atoms with Crippen LogP contribution >= 0.6 is 0 Å². The predicted octanol–water partition coefficient (Wildman–Crippen LogP) is 3.03. The summed E-state index contributed by atoms with van der Waals surface area (Å²) in [7, 11) is 0. The van der Waals surface area contributed by atoms with Crippen molar-refractivity contribution in [2.45, 2.75) is 39.9 Å². The highest BCUT2D eigenvalue weighted by Gasteiger charge is 2.40. The van der Waals surface area contributed by atoms with Crippen LogP contribution in [-0.4, -0.2) is 35.5 Å². The van der Waals surface area contributed by atoms with Gasteiger partial charge in [0.25, 0.3) is 0 Å². The van der Waals surface area contributed by atoms with Gasteiger partial charge in [0.05, 0.1) is 5.56 Å². The highest BCUT2D eigenvalue weighted by molar-refractivity contribution is 5.97. The molecule has 1 heterocycles. The van der Waals surface area contributed by atoms with E-state index in [4.69, 9.17) is 14.2 Å². The SMILES string of the molecule is C=C(COC(C)=O)[C@H]1Oc2cc(O)c(C(C)=O)cc2[C@H]1OC(=O)C(C)=CC. The molecule has 0 saturated heterocycles. The molecule has 1 aliphatic heterocycles. The minimum atomic E-state index is -0.899. The molecule has 1 aromatic carbocycles. The molecule has 1 N–H and O–H groups in total. The zero-order valence-electron chi connectivity index (χ0n) is 15.7. The molecule has 0 fully saturated rings. The number of fused-ring (bicyclic) bond motifs is 1. The van der Waals surface area contributed by atoms with Gasteiger partial charge < -0.3 is 19.3 Å². The molecule has 0 unspecified atom stereocenters. The Morgan fingerprint density at radius 2 is 1.93 bits per heavy atom. The van der Waals surface area contributed by atoms with Crippen LogP contribution in [0, 0.1) is 0 Å². The predicted molar refractivity (Wildman–Crippen MR) is 96.6 cm³/mol. The standard InChI is InChI=1S/C20H22O7/c1-6-10(2)20(24)27-19-15-7-14(12(4)21)16(23)8-17(15)26-18(19)11(3)9-25-13(5)22/h6-8,18-19,23H,3,9H2,1-2,4-5H3/t18-,19-/m1/s1. The Labute approximate surface area is 157 Å². The highest BCUT2D eigenvalue weighted by Crippen LogP contribution is 2.44. The normalized spacial score (nSPS) is 18.3. The molecule has 0 radical (unpaired) electrons. The number of rotatable bonds is 6. The van der Waals surface area contributed by atoms with Gasteiger partial charge >= 0.3 is 11.9 Å². The van der Waals surface area contributed by atoms with Crippen LogP contribution in [0.4, 0.5) is 0 Å². The lowest BCUT2D eigenvalue weighted by Crippen LogP contribution is -2.28. The van der Waals surface area contributed by atoms with Crippen molar-refractivity contribution in [1.82, 2.24) is 0 Å². The summed E-state index contributed by atoms with van der Waals surface area (Å²) in [6, 6.07) is 2.74. The third kappa shape index (κ3) is 4.36. The molecule has 0 aromatic heterocycles. The summed E-state index contributed by atoms with van der Waals surface area (Å²) in [6.45, 7) is 9.64. The van der Waals surface area contributed by atoms with E-state index >= 15 is 0 Å². The second-order valence-electron chi connectivity index (χ2n) is 6.24. The molecule has 0 amide bonds. The van der Waals surface area contributed by atoms with Crippen molar-refractivity contribution < 1.29 is 33.7 Å². The number of carbonyl (C=O) groups excluding carboxylic acids is 3. The fraction of sp³-hybridized carbons (Fsp3) is 0.350. The number of hydrogen-bond acceptors (Lipinski definition) is 7. The van der Waals surface area contributed by atoms with Gasteiger partial charge in [-0.15, -0.1) is 0 Å². The van der Waals surface area contributed by atoms with Crippen molar-refractivity contribution >= 4 is 17.7 Å². The van der Waals surface area contributed by atoms with E-state index in [9.17, 15) is 19.5 Å². The van der Waals surface area contributed by atoms with E-state index < -0.39 is 24.1 Å². The smallest absolute Gasteiger partial charge is 0.334 e. The first-order chi connectivity index (χ1) is 12.6. The first-order valence-corrected chi connectivity index (χ1v) is 8.35. The summed E-state index contributed by atoms with van der Waals surface area (Å²) in [5, 5.41) is 10.0. The molecule has 0 spiro atoms. The van der Waals surface area contributed by atoms with Crippen LogP contribution in [0.25, 0.3) is 0 Å². The number of carbonyl (C=O) groups is 3. The fourth-order valence-electron chi connectivity index (χ4n) is 2.58. The van der Waals surface area contributed by atoms with E-state index in [0.29, 0.717) is 16.7 Å². The van der Waals surface area contributed by atoms with Crippen LogP contribution in [0.1, 0.15) is 49.7 Å². The van der Waals surface area contributed by atoms with Crippen molar-refractivity contribution in [2.75, 3.05) is 6.61 Å². The van der Waals surface area contributed by atoms with Crippen molar-refractivity contribution in [1.29, 1.82) is 0 Å². The summed E-state index contributed by atoms with van der Waals surface area (Å²) in [5.74, 6) is -1.35. The van der Waals surface area contributed by atoms with Gasteiger partial charge in [-0.3, -0.25) is 9.59 Å². The van der Waals surface area contributed by atoms with E-state index in [1.54, 1.807) is 19.9 Å². The molecular formula is C20H22O7. The lowest BCUT2D eigenvalue weighted by atomic mass is 9.98. The second-order valence-corrected chi connectivity index (χ2v) is 6.24. The van der Waals surface area contributed by atoms with E-state index in [1.807, 2.05) is 0 Å². The zero-order valence-corrected chi connectivity index (χ0v) is 15.7. The highest BCUT2D eigenvalue weighted by atomic mass is 16.6. The van der Waals surface area contributed by atoms with Gasteiger partial charge in [-0.05, 0) is 26.8 Å². The number of phenols is 1. The number of hydrogen-bond donors (Lipinski definition) is 1. The molecule has 1 aliphatic rings. The minimum Gasteiger partial charge on any atom is -0.507 e. The quantitative estimate of drug-likeness (QED) is 0.354. The molecule has 1 aromatic rings. The van der Waals surface area contributed by atoms with E-state index in [1.165, 1.54) is 26.0 Å². The summed E-state index contributed by atoms with van der Waals surface area (Å²) < 4.78 is 16.3. The molecule has 7 heteroatoms. The first kappa shape index (κ1) is 20.2. The summed E-state index contributed by atoms with van der Waals surface area (Å²) in [5.41, 5.74) is 1.30. The average Bonchev–Trinajstić information content (AvgIpc) is 2.95. The number of benzene rings is 1. The molecule has 2 rings (SSSR count). The maximum absolute atomic E-state index is 12.3. The van der Waals surface area contributed by atoms with Crippen LogP contribution in [-0.2, 0) is 19.1 Å². The van der Waals surface area contributed by atoms with Crippen molar-refractivity contribution in [3.05, 3.63) is 47.1 Å². The van der Waals surface area contributed by atoms with Crippen molar-refractivity contribution in [2.24, 2.45) is 0 Å². The van der Waals surface area contributed by atoms with Crippen LogP contribution in [0.3, 0.4) is 0 Å². The van der Waals surface area contributed by atoms with Gasteiger partial charge in [0.15, 0.2) is 18.0 Å². The van der Waals surface area contributed by atoms with Gasteiger partial charge in [-0.2, -0.15) is 0 Å². The van der Waals surface area contributed by atoms with Crippen LogP contribution in [0.15, 0.2) is 35.9 Å². The third-order valence-electron chi connectivity index (χ3n) is 4.20. The van der Waals surface area contributed by atoms with Gasteiger partial charge in [0.2, 0.25) is 0 Å². The van der Waals surface area contributed by atoms with Gasteiger partial charge in [-0.1, -0.05) is 12.7 Å². The summed E-state index contributed by atoms with van der Waals surface area (Å²) >= 11 is 0. The lowest BCUT2D eigenvalue weighted by molar-refractivity contribution is -0.148. The van der Waals surface area contributed by atoms with Gasteiger partial charge in [-0.25, -0.2) is 4.79 Å². The Morgan fingerprint density at radius 3 is 2.48 bits per heavy atom. The average molecular weight is 374 g/mol. The maximum Gasteiger partial charge on any atom is 0.334 e. The number of allylic oxidation sites excluding steroid dienone is 1. The Hall–Kier alpha value is -3.09. The maximum atomic E-state index is 12.3. The number of Topliss-reactive ketones (excluding diaryl/α,β-unsaturated/α-hetero) is 1. The summed E-state index contributed by atoms with van der Waals surface area (Å²) in [4.78, 5) is 35.1. The van der Waals surface area contributed by atoms with Crippen LogP contribution < -0.4 is 4.74 Å². The molecule has 2 atom stereocenters. The van der Waals surface area contributed by atoms with Crippen LogP contribution in [0.5, 0.6) is 11.5 Å². The minimum absolute atomic E-state index is 0.0902. The molecule has 0 aliphatic carbocycles. The Balaban J connectivity index is 2.42. The van der Waals surface area contributed by atoms with Gasteiger partial charge in [0, 0.05) is 29.7 Å². The zero-order chi connectivity index (χ0) is 20.3. The Morgan fingerprint density at radius 1 is 1.26 bits per heavy atom. The molecular weight excluding hydrogens is 352 g/mol. The Kier molecular flexibility index (Phi) is 6.05. The number of ether oxygens (including phenoxy) is 3. The number of phenolic OH excluding ortho intramolecular Hbond substituents is 1. The number of aromatic hydroxyl groups is 1. The first-order valence-electron chi connectivity index (χ1n) is 8.35. The monoisotopic (exact) mass is 374 g/mol. The van der Waals surface area contributed by atoms with E-state index in [-0.39, 0.29) is 29.5 Å². The largest absolute Gasteiger partial charge is 0.507 e. The van der Waals surface area contributed by atoms with Crippen molar-refractivity contribution in [3.8, 4) is 11.5 Å². The van der Waals surface area contributed by atoms with E-state index in [0.717, 1.165) is 0 Å². The lowest BCUT2D eigenvalue weighted by Gasteiger charge is -2.21. The van der Waals surface area contributed by atoms with Crippen molar-refractivity contribution in [3.63, 3.8) is 0 Å². The van der Waals surface area contributed by atoms with Gasteiger partial charge in [0.1, 0.15) is 18.1 Å². The topological polar surface area (TPSA) is 99.1 Å². The third-order valence-corrected chi connectivity index (χ3v) is 4.20. The summed E-state index contributed by atoms with van der Waals surface area (Å²) in [6.07, 6.45) is -0.113. The second kappa shape index (κ2) is 8.07. The molecule has 27 heavy (non-hydrogen) atoms. The van der Waals surface area contributed by atoms with E-state index in [2.05, 4.69) is 6.58 Å². The fourth-order valence-corrected chi connectivity index (χ4v) is 2.58. The number of esters is 2. The Bertz CT molecular complexity index is 835.